The number of urea groups is 2. The molecule has 0 saturated carbocycles. The number of benzene rings is 6. The van der Waals surface area contributed by atoms with Crippen LogP contribution >= 0.6 is 15.9 Å². The van der Waals surface area contributed by atoms with Crippen molar-refractivity contribution in [3.63, 3.8) is 0 Å². The van der Waals surface area contributed by atoms with E-state index in [2.05, 4.69) is 31.9 Å². The molecule has 0 spiro atoms. The van der Waals surface area contributed by atoms with Gasteiger partial charge in [0.2, 0.25) is 0 Å². The number of ether oxygens (including phenoxy) is 2. The normalized spacial score (nSPS) is 11.3. The molecule has 6 rings (SSSR count). The van der Waals surface area contributed by atoms with Crippen molar-refractivity contribution in [1.29, 1.82) is 0 Å². The lowest BCUT2D eigenvalue weighted by molar-refractivity contribution is -0.143. The number of para-hydroxylation sites is 4. The summed E-state index contributed by atoms with van der Waals surface area (Å²) >= 11 is 3.26. The predicted molar refractivity (Wildman–Crippen MR) is 221 cm³/mol. The van der Waals surface area contributed by atoms with Gasteiger partial charge in [-0.25, -0.2) is 19.2 Å². The van der Waals surface area contributed by atoms with E-state index in [0.29, 0.717) is 23.9 Å². The smallest absolute Gasteiger partial charge is 0.416 e. The van der Waals surface area contributed by atoms with E-state index in [4.69, 9.17) is 9.47 Å². The molecular weight excluding hydrogens is 951 g/mol. The first-order valence-electron chi connectivity index (χ1n) is 18.0. The Labute approximate surface area is 368 Å². The first kappa shape index (κ1) is 48.3. The zero-order valence-corrected chi connectivity index (χ0v) is 33.9. The molecule has 6 N–H and O–H groups in total. The Morgan fingerprint density at radius 3 is 1.32 bits per heavy atom. The van der Waals surface area contributed by atoms with Gasteiger partial charge < -0.3 is 41.0 Å². The summed E-state index contributed by atoms with van der Waals surface area (Å²) in [7, 11) is 0. The Kier molecular flexibility index (Phi) is 15.0. The third-order valence-electron chi connectivity index (χ3n) is 8.31. The number of carboxylic acid groups (broad SMARTS) is 2. The fraction of sp³-hybridized carbons (Fsp3) is 0.0698. The van der Waals surface area contributed by atoms with E-state index in [-0.39, 0.29) is 51.6 Å². The fourth-order valence-electron chi connectivity index (χ4n) is 5.38. The van der Waals surface area contributed by atoms with Crippen molar-refractivity contribution in [2.24, 2.45) is 0 Å². The van der Waals surface area contributed by atoms with Crippen molar-refractivity contribution in [3.8, 4) is 23.0 Å². The molecule has 0 unspecified atom stereocenters. The van der Waals surface area contributed by atoms with Gasteiger partial charge >= 0.3 is 42.5 Å². The largest absolute Gasteiger partial charge is 0.478 e. The zero-order valence-electron chi connectivity index (χ0n) is 32.3. The molecule has 0 aromatic heterocycles. The number of anilines is 4. The van der Waals surface area contributed by atoms with Gasteiger partial charge in [-0.15, -0.1) is 0 Å². The van der Waals surface area contributed by atoms with Crippen molar-refractivity contribution in [3.05, 3.63) is 166 Å². The number of carboxylic acids is 2. The van der Waals surface area contributed by atoms with E-state index < -0.39 is 64.9 Å². The Bertz CT molecular complexity index is 2680. The number of hydrogen-bond acceptors (Lipinski definition) is 6. The molecule has 22 heteroatoms. The van der Waals surface area contributed by atoms with Gasteiger partial charge in [-0.3, -0.25) is 0 Å². The van der Waals surface area contributed by atoms with Gasteiger partial charge in [0.05, 0.1) is 28.1 Å². The minimum Gasteiger partial charge on any atom is -0.478 e. The van der Waals surface area contributed by atoms with Gasteiger partial charge in [-0.2, -0.15) is 39.5 Å². The summed E-state index contributed by atoms with van der Waals surface area (Å²) in [5.41, 5.74) is -5.20. The third-order valence-corrected chi connectivity index (χ3v) is 8.84. The van der Waals surface area contributed by atoms with E-state index >= 15 is 0 Å². The highest BCUT2D eigenvalue weighted by Gasteiger charge is 2.37. The van der Waals surface area contributed by atoms with Crippen LogP contribution in [0, 0.1) is 0 Å². The first-order chi connectivity index (χ1) is 30.5. The third kappa shape index (κ3) is 13.6. The standard InChI is InChI=1S/C22H14F6N2O4.C21H14BrF3N2O4/c23-21(24,25)12-9-13(22(26,27)28)11-14(10-12)29-20(33)30-16-6-2-4-8-18(16)34-17-7-3-1-5-15(17)19(31)32;22-13-6-8-14(9-7-13)26-20(30)27-16-11-12(21(23,24)25)5-10-18(16)31-17-4-2-1-3-15(17)19(28)29/h1-11H,(H,31,32)(H2,29,30,33);1-11H,(H,28,29)(H2,26,27,30). The van der Waals surface area contributed by atoms with Crippen LogP contribution in [0.1, 0.15) is 37.4 Å². The molecule has 338 valence electrons. The summed E-state index contributed by atoms with van der Waals surface area (Å²) < 4.78 is 129. The molecule has 0 fully saturated rings. The Hall–Kier alpha value is -7.75. The van der Waals surface area contributed by atoms with Crippen molar-refractivity contribution >= 4 is 62.7 Å². The lowest BCUT2D eigenvalue weighted by Gasteiger charge is -2.16. The number of hydrogen-bond donors (Lipinski definition) is 6. The number of halogens is 10. The quantitative estimate of drug-likeness (QED) is 0.0735. The van der Waals surface area contributed by atoms with Gasteiger partial charge in [0.1, 0.15) is 22.6 Å². The molecule has 6 aromatic rings. The first-order valence-corrected chi connectivity index (χ1v) is 18.8. The monoisotopic (exact) mass is 978 g/mol. The second-order valence-corrected chi connectivity index (χ2v) is 13.9. The number of rotatable bonds is 10. The number of aromatic carboxylic acids is 2. The van der Waals surface area contributed by atoms with Gasteiger partial charge in [0.15, 0.2) is 11.5 Å². The maximum Gasteiger partial charge on any atom is 0.416 e. The molecule has 0 bridgehead atoms. The highest BCUT2D eigenvalue weighted by molar-refractivity contribution is 9.10. The Balaban J connectivity index is 0.000000245. The molecule has 0 aliphatic carbocycles. The summed E-state index contributed by atoms with van der Waals surface area (Å²) in [5.74, 6) is -2.88. The predicted octanol–water partition coefficient (Wildman–Crippen LogP) is 13.5. The Morgan fingerprint density at radius 2 is 0.846 bits per heavy atom. The van der Waals surface area contributed by atoms with E-state index in [1.54, 1.807) is 24.3 Å². The van der Waals surface area contributed by atoms with Crippen LogP contribution < -0.4 is 30.7 Å². The molecule has 0 radical (unpaired) electrons. The van der Waals surface area contributed by atoms with Crippen molar-refractivity contribution in [2.45, 2.75) is 18.5 Å². The molecule has 0 aliphatic rings. The molecule has 0 heterocycles. The van der Waals surface area contributed by atoms with Crippen LogP contribution in [0.25, 0.3) is 0 Å². The van der Waals surface area contributed by atoms with Crippen LogP contribution in [-0.4, -0.2) is 34.2 Å². The maximum atomic E-state index is 13.2. The minimum absolute atomic E-state index is 0.0219. The summed E-state index contributed by atoms with van der Waals surface area (Å²) in [4.78, 5) is 47.4. The minimum atomic E-state index is -5.08. The summed E-state index contributed by atoms with van der Waals surface area (Å²) in [5, 5.41) is 27.6. The topological polar surface area (TPSA) is 175 Å². The van der Waals surface area contributed by atoms with Crippen LogP contribution in [0.4, 0.5) is 71.9 Å². The van der Waals surface area contributed by atoms with Crippen molar-refractivity contribution in [1.82, 2.24) is 0 Å². The molecule has 0 aliphatic heterocycles. The lowest BCUT2D eigenvalue weighted by Crippen LogP contribution is -2.21. The van der Waals surface area contributed by atoms with Crippen LogP contribution in [-0.2, 0) is 18.5 Å². The SMILES string of the molecule is O=C(Nc1cc(C(F)(F)F)cc(C(F)(F)F)c1)Nc1ccccc1Oc1ccccc1C(=O)O.O=C(Nc1ccc(Br)cc1)Nc1cc(C(F)(F)F)ccc1Oc1ccccc1C(=O)O. The Morgan fingerprint density at radius 1 is 0.431 bits per heavy atom. The second-order valence-electron chi connectivity index (χ2n) is 13.0. The number of nitrogens with one attached hydrogen (secondary N) is 4. The highest BCUT2D eigenvalue weighted by Crippen LogP contribution is 2.40. The van der Waals surface area contributed by atoms with E-state index in [1.165, 1.54) is 72.8 Å². The molecule has 65 heavy (non-hydrogen) atoms. The summed E-state index contributed by atoms with van der Waals surface area (Å²) in [6.45, 7) is 0. The number of carbonyl (C=O) groups is 4. The number of carbonyl (C=O) groups excluding carboxylic acids is 2. The second kappa shape index (κ2) is 20.2. The van der Waals surface area contributed by atoms with Gasteiger partial charge in [0.25, 0.3) is 0 Å². The van der Waals surface area contributed by atoms with Crippen LogP contribution in [0.5, 0.6) is 23.0 Å². The summed E-state index contributed by atoms with van der Waals surface area (Å²) in [6, 6.07) is 24.7. The van der Waals surface area contributed by atoms with Crippen molar-refractivity contribution in [2.75, 3.05) is 21.3 Å². The average molecular weight is 980 g/mol. The van der Waals surface area contributed by atoms with E-state index in [9.17, 15) is 68.9 Å². The number of alkyl halides is 9. The molecule has 0 atom stereocenters. The summed E-state index contributed by atoms with van der Waals surface area (Å²) in [6.07, 6.45) is -14.8. The molecule has 6 aromatic carbocycles. The highest BCUT2D eigenvalue weighted by atomic mass is 79.9. The van der Waals surface area contributed by atoms with E-state index in [0.717, 1.165) is 16.6 Å². The van der Waals surface area contributed by atoms with Crippen LogP contribution in [0.3, 0.4) is 0 Å². The fourth-order valence-corrected chi connectivity index (χ4v) is 5.65. The molecular formula is C43H28BrF9N4O8. The van der Waals surface area contributed by atoms with Crippen LogP contribution in [0.15, 0.2) is 138 Å². The molecule has 0 saturated heterocycles. The van der Waals surface area contributed by atoms with E-state index in [1.807, 2.05) is 5.32 Å². The zero-order chi connectivity index (χ0) is 47.7. The maximum absolute atomic E-state index is 13.2. The lowest BCUT2D eigenvalue weighted by atomic mass is 10.1. The van der Waals surface area contributed by atoms with Gasteiger partial charge in [-0.1, -0.05) is 52.3 Å². The van der Waals surface area contributed by atoms with Crippen molar-refractivity contribution < 1.29 is 78.4 Å². The number of amides is 4. The molecule has 12 nitrogen and oxygen atoms in total. The van der Waals surface area contributed by atoms with Crippen LogP contribution in [0.2, 0.25) is 0 Å². The van der Waals surface area contributed by atoms with Gasteiger partial charge in [0, 0.05) is 15.8 Å². The average Bonchev–Trinajstić information content (AvgIpc) is 3.22. The molecule has 4 amide bonds. The van der Waals surface area contributed by atoms with Gasteiger partial charge in [-0.05, 0) is 97.1 Å².